The standard InChI is InChI=1S/C13H21ClN2O2S2/c1-10-9-19-12(7-14)13(10)20(17,18)16(3)11-5-4-6-15(2)8-11/h9,11H,4-8H2,1-3H3. The Hall–Kier alpha value is -0.140. The summed E-state index contributed by atoms with van der Waals surface area (Å²) >= 11 is 7.30. The van der Waals surface area contributed by atoms with Gasteiger partial charge in [-0.3, -0.25) is 0 Å². The van der Waals surface area contributed by atoms with Gasteiger partial charge in [0.1, 0.15) is 4.90 Å². The molecule has 20 heavy (non-hydrogen) atoms. The zero-order valence-electron chi connectivity index (χ0n) is 12.1. The Bertz CT molecular complexity index is 571. The second-order valence-electron chi connectivity index (χ2n) is 5.38. The van der Waals surface area contributed by atoms with E-state index in [-0.39, 0.29) is 11.9 Å². The number of hydrogen-bond acceptors (Lipinski definition) is 4. The van der Waals surface area contributed by atoms with Crippen LogP contribution < -0.4 is 0 Å². The van der Waals surface area contributed by atoms with Crippen molar-refractivity contribution in [3.05, 3.63) is 15.8 Å². The van der Waals surface area contributed by atoms with Gasteiger partial charge in [-0.15, -0.1) is 22.9 Å². The number of halogens is 1. The molecule has 1 aliphatic rings. The molecule has 4 nitrogen and oxygen atoms in total. The largest absolute Gasteiger partial charge is 0.305 e. The molecule has 0 bridgehead atoms. The van der Waals surface area contributed by atoms with Crippen molar-refractivity contribution in [2.45, 2.75) is 36.6 Å². The van der Waals surface area contributed by atoms with Crippen LogP contribution in [0.25, 0.3) is 0 Å². The third-order valence-electron chi connectivity index (χ3n) is 3.86. The predicted octanol–water partition coefficient (Wildman–Crippen LogP) is 2.51. The first-order valence-corrected chi connectivity index (χ1v) is 9.53. The lowest BCUT2D eigenvalue weighted by Gasteiger charge is -2.35. The van der Waals surface area contributed by atoms with Crippen molar-refractivity contribution >= 4 is 33.0 Å². The fourth-order valence-electron chi connectivity index (χ4n) is 2.70. The third kappa shape index (κ3) is 3.04. The van der Waals surface area contributed by atoms with Crippen molar-refractivity contribution < 1.29 is 8.42 Å². The lowest BCUT2D eigenvalue weighted by Crippen LogP contribution is -2.47. The van der Waals surface area contributed by atoms with Crippen LogP contribution in [0.5, 0.6) is 0 Å². The van der Waals surface area contributed by atoms with Crippen LogP contribution in [0, 0.1) is 6.92 Å². The quantitative estimate of drug-likeness (QED) is 0.793. The van der Waals surface area contributed by atoms with E-state index in [4.69, 9.17) is 11.6 Å². The molecule has 0 N–H and O–H groups in total. The average Bonchev–Trinajstić information content (AvgIpc) is 2.79. The average molecular weight is 337 g/mol. The van der Waals surface area contributed by atoms with E-state index in [0.717, 1.165) is 36.4 Å². The second-order valence-corrected chi connectivity index (χ2v) is 8.55. The molecule has 1 aromatic heterocycles. The summed E-state index contributed by atoms with van der Waals surface area (Å²) in [5, 5.41) is 1.87. The van der Waals surface area contributed by atoms with Crippen LogP contribution in [0.15, 0.2) is 10.3 Å². The van der Waals surface area contributed by atoms with Gasteiger partial charge in [0.25, 0.3) is 0 Å². The molecule has 0 spiro atoms. The lowest BCUT2D eigenvalue weighted by molar-refractivity contribution is 0.187. The zero-order valence-corrected chi connectivity index (χ0v) is 14.5. The fourth-order valence-corrected chi connectivity index (χ4v) is 6.09. The number of piperidine rings is 1. The molecular weight excluding hydrogens is 316 g/mol. The Kier molecular flexibility index (Phi) is 5.13. The molecule has 0 saturated carbocycles. The molecule has 2 rings (SSSR count). The van der Waals surface area contributed by atoms with Gasteiger partial charge in [-0.2, -0.15) is 4.31 Å². The summed E-state index contributed by atoms with van der Waals surface area (Å²) in [5.41, 5.74) is 0.793. The maximum Gasteiger partial charge on any atom is 0.244 e. The number of rotatable bonds is 4. The summed E-state index contributed by atoms with van der Waals surface area (Å²) in [7, 11) is 0.264. The van der Waals surface area contributed by atoms with Crippen molar-refractivity contribution in [1.82, 2.24) is 9.21 Å². The summed E-state index contributed by atoms with van der Waals surface area (Å²) in [6.45, 7) is 3.66. The zero-order chi connectivity index (χ0) is 14.9. The molecular formula is C13H21ClN2O2S2. The van der Waals surface area contributed by atoms with Crippen molar-refractivity contribution in [2.75, 3.05) is 27.2 Å². The molecule has 0 aliphatic carbocycles. The van der Waals surface area contributed by atoms with Gasteiger partial charge in [-0.05, 0) is 44.3 Å². The minimum absolute atomic E-state index is 0.0428. The number of hydrogen-bond donors (Lipinski definition) is 0. The van der Waals surface area contributed by atoms with Crippen molar-refractivity contribution in [3.8, 4) is 0 Å². The van der Waals surface area contributed by atoms with Crippen LogP contribution >= 0.6 is 22.9 Å². The Labute approximate surface area is 130 Å². The van der Waals surface area contributed by atoms with E-state index in [0.29, 0.717) is 4.90 Å². The summed E-state index contributed by atoms with van der Waals surface area (Å²) in [6, 6.07) is 0.0428. The molecule has 1 saturated heterocycles. The van der Waals surface area contributed by atoms with Crippen LogP contribution in [0.4, 0.5) is 0 Å². The monoisotopic (exact) mass is 336 g/mol. The Morgan fingerprint density at radius 2 is 2.25 bits per heavy atom. The van der Waals surface area contributed by atoms with Crippen LogP contribution in [-0.4, -0.2) is 50.8 Å². The van der Waals surface area contributed by atoms with Gasteiger partial charge >= 0.3 is 0 Å². The van der Waals surface area contributed by atoms with Crippen LogP contribution in [0.2, 0.25) is 0 Å². The van der Waals surface area contributed by atoms with Gasteiger partial charge in [0.15, 0.2) is 0 Å². The normalized spacial score (nSPS) is 21.6. The Morgan fingerprint density at radius 1 is 1.55 bits per heavy atom. The second kappa shape index (κ2) is 6.32. The number of nitrogens with zero attached hydrogens (tertiary/aromatic N) is 2. The van der Waals surface area contributed by atoms with E-state index in [1.165, 1.54) is 15.6 Å². The van der Waals surface area contributed by atoms with Crippen LogP contribution in [0.1, 0.15) is 23.3 Å². The molecule has 1 unspecified atom stereocenters. The maximum atomic E-state index is 12.9. The highest BCUT2D eigenvalue weighted by Gasteiger charge is 2.33. The number of aryl methyl sites for hydroxylation is 1. The highest BCUT2D eigenvalue weighted by atomic mass is 35.5. The van der Waals surface area contributed by atoms with E-state index in [1.807, 2.05) is 19.4 Å². The summed E-state index contributed by atoms with van der Waals surface area (Å²) in [6.07, 6.45) is 1.95. The highest BCUT2D eigenvalue weighted by Crippen LogP contribution is 2.32. The molecule has 0 radical (unpaired) electrons. The number of alkyl halides is 1. The van der Waals surface area contributed by atoms with Gasteiger partial charge in [-0.25, -0.2) is 8.42 Å². The number of thiophene rings is 1. The first-order chi connectivity index (χ1) is 9.37. The van der Waals surface area contributed by atoms with Crippen LogP contribution in [0.3, 0.4) is 0 Å². The molecule has 2 heterocycles. The number of sulfonamides is 1. The lowest BCUT2D eigenvalue weighted by atomic mass is 10.1. The van der Waals surface area contributed by atoms with Gasteiger partial charge in [0.05, 0.1) is 5.88 Å². The maximum absolute atomic E-state index is 12.9. The van der Waals surface area contributed by atoms with E-state index in [9.17, 15) is 8.42 Å². The van der Waals surface area contributed by atoms with Crippen LogP contribution in [-0.2, 0) is 15.9 Å². The number of likely N-dealkylation sites (N-methyl/N-ethyl adjacent to an activating group) is 2. The Morgan fingerprint density at radius 3 is 2.85 bits per heavy atom. The van der Waals surface area contributed by atoms with Crippen molar-refractivity contribution in [1.29, 1.82) is 0 Å². The topological polar surface area (TPSA) is 40.6 Å². The molecule has 0 amide bonds. The molecule has 1 fully saturated rings. The minimum Gasteiger partial charge on any atom is -0.305 e. The molecule has 0 aromatic carbocycles. The minimum atomic E-state index is -3.46. The predicted molar refractivity (Wildman–Crippen MR) is 84.1 cm³/mol. The number of likely N-dealkylation sites (tertiary alicyclic amines) is 1. The molecule has 114 valence electrons. The van der Waals surface area contributed by atoms with E-state index < -0.39 is 10.0 Å². The van der Waals surface area contributed by atoms with Gasteiger partial charge < -0.3 is 4.90 Å². The SMILES string of the molecule is Cc1csc(CCl)c1S(=O)(=O)N(C)C1CCCN(C)C1. The van der Waals surface area contributed by atoms with E-state index in [1.54, 1.807) is 7.05 Å². The summed E-state index contributed by atoms with van der Waals surface area (Å²) < 4.78 is 27.2. The summed E-state index contributed by atoms with van der Waals surface area (Å²) in [5.74, 6) is 0.242. The van der Waals surface area contributed by atoms with Gasteiger partial charge in [0.2, 0.25) is 10.0 Å². The van der Waals surface area contributed by atoms with E-state index >= 15 is 0 Å². The first-order valence-electron chi connectivity index (χ1n) is 6.67. The fraction of sp³-hybridized carbons (Fsp3) is 0.692. The highest BCUT2D eigenvalue weighted by molar-refractivity contribution is 7.89. The molecule has 1 aliphatic heterocycles. The van der Waals surface area contributed by atoms with Crippen molar-refractivity contribution in [3.63, 3.8) is 0 Å². The van der Waals surface area contributed by atoms with E-state index in [2.05, 4.69) is 4.90 Å². The van der Waals surface area contributed by atoms with Crippen molar-refractivity contribution in [2.24, 2.45) is 0 Å². The molecule has 7 heteroatoms. The molecule has 1 aromatic rings. The first kappa shape index (κ1) is 16.2. The van der Waals surface area contributed by atoms with Gasteiger partial charge in [-0.1, -0.05) is 0 Å². The smallest absolute Gasteiger partial charge is 0.244 e. The third-order valence-corrected chi connectivity index (χ3v) is 7.66. The Balaban J connectivity index is 2.31. The van der Waals surface area contributed by atoms with Gasteiger partial charge in [0, 0.05) is 24.5 Å². The molecule has 1 atom stereocenters. The summed E-state index contributed by atoms with van der Waals surface area (Å²) in [4.78, 5) is 3.33.